The van der Waals surface area contributed by atoms with E-state index in [2.05, 4.69) is 26.2 Å². The number of aryl methyl sites for hydroxylation is 1. The lowest BCUT2D eigenvalue weighted by Gasteiger charge is -2.05. The van der Waals surface area contributed by atoms with Crippen LogP contribution in [0.4, 0.5) is 0 Å². The lowest BCUT2D eigenvalue weighted by atomic mass is 10.2. The molecule has 2 aromatic heterocycles. The molecule has 0 radical (unpaired) electrons. The average molecular weight is 360 g/mol. The number of rotatable bonds is 4. The summed E-state index contributed by atoms with van der Waals surface area (Å²) < 4.78 is 1.05. The number of halogens is 2. The highest BCUT2D eigenvalue weighted by Gasteiger charge is 2.09. The fourth-order valence-electron chi connectivity index (χ4n) is 1.58. The molecule has 0 saturated carbocycles. The number of pyridine rings is 1. The normalized spacial score (nSPS) is 10.5. The Kier molecular flexibility index (Phi) is 4.96. The molecule has 0 spiro atoms. The summed E-state index contributed by atoms with van der Waals surface area (Å²) in [5, 5.41) is 3.22. The Morgan fingerprint density at radius 1 is 1.47 bits per heavy atom. The van der Waals surface area contributed by atoms with E-state index in [0.717, 1.165) is 20.8 Å². The van der Waals surface area contributed by atoms with E-state index in [4.69, 9.17) is 11.6 Å². The molecule has 0 aliphatic rings. The number of hydrogen-bond donors (Lipinski definition) is 1. The Labute approximate surface area is 129 Å². The van der Waals surface area contributed by atoms with Gasteiger partial charge >= 0.3 is 0 Å². The molecule has 100 valence electrons. The first kappa shape index (κ1) is 14.5. The van der Waals surface area contributed by atoms with Crippen LogP contribution >= 0.6 is 38.9 Å². The summed E-state index contributed by atoms with van der Waals surface area (Å²) in [6.07, 6.45) is 0.749. The standard InChI is InChI=1S/C13H12BrClN2OS/c1-2-9-5-8(6-12(15)17-9)13(18)16-7-10-3-4-11(14)19-10/h3-6H,2,7H2,1H3,(H,16,18). The van der Waals surface area contributed by atoms with Gasteiger partial charge in [-0.25, -0.2) is 4.98 Å². The summed E-state index contributed by atoms with van der Waals surface area (Å²) in [7, 11) is 0. The molecular weight excluding hydrogens is 348 g/mol. The maximum atomic E-state index is 12.0. The highest BCUT2D eigenvalue weighted by molar-refractivity contribution is 9.11. The van der Waals surface area contributed by atoms with Gasteiger partial charge in [0.05, 0.1) is 10.3 Å². The van der Waals surface area contributed by atoms with Crippen molar-refractivity contribution in [1.82, 2.24) is 10.3 Å². The third kappa shape index (κ3) is 4.03. The number of nitrogens with one attached hydrogen (secondary N) is 1. The van der Waals surface area contributed by atoms with Gasteiger partial charge in [0.1, 0.15) is 5.15 Å². The minimum Gasteiger partial charge on any atom is -0.347 e. The van der Waals surface area contributed by atoms with Gasteiger partial charge in [-0.2, -0.15) is 0 Å². The van der Waals surface area contributed by atoms with Gasteiger partial charge in [0.25, 0.3) is 5.91 Å². The largest absolute Gasteiger partial charge is 0.347 e. The molecule has 0 unspecified atom stereocenters. The number of thiophene rings is 1. The van der Waals surface area contributed by atoms with Crippen LogP contribution in [0.15, 0.2) is 28.1 Å². The molecule has 2 aromatic rings. The van der Waals surface area contributed by atoms with Crippen LogP contribution < -0.4 is 5.32 Å². The van der Waals surface area contributed by atoms with Crippen LogP contribution in [-0.4, -0.2) is 10.9 Å². The van der Waals surface area contributed by atoms with Crippen molar-refractivity contribution in [1.29, 1.82) is 0 Å². The molecule has 0 atom stereocenters. The quantitative estimate of drug-likeness (QED) is 0.837. The van der Waals surface area contributed by atoms with E-state index in [1.807, 2.05) is 19.1 Å². The Morgan fingerprint density at radius 3 is 2.89 bits per heavy atom. The molecule has 0 aliphatic carbocycles. The van der Waals surface area contributed by atoms with Gasteiger partial charge in [-0.15, -0.1) is 11.3 Å². The smallest absolute Gasteiger partial charge is 0.251 e. The monoisotopic (exact) mass is 358 g/mol. The maximum Gasteiger partial charge on any atom is 0.251 e. The first-order valence-corrected chi connectivity index (χ1v) is 7.76. The molecule has 1 amide bonds. The van der Waals surface area contributed by atoms with Crippen molar-refractivity contribution >= 4 is 44.8 Å². The highest BCUT2D eigenvalue weighted by atomic mass is 79.9. The Bertz CT molecular complexity index is 600. The van der Waals surface area contributed by atoms with Gasteiger partial charge in [-0.3, -0.25) is 4.79 Å². The summed E-state index contributed by atoms with van der Waals surface area (Å²) in [4.78, 5) is 17.3. The molecule has 0 fully saturated rings. The Balaban J connectivity index is 2.05. The van der Waals surface area contributed by atoms with Crippen molar-refractivity contribution in [2.75, 3.05) is 0 Å². The number of carbonyl (C=O) groups is 1. The van der Waals surface area contributed by atoms with Crippen LogP contribution in [0.25, 0.3) is 0 Å². The first-order valence-electron chi connectivity index (χ1n) is 5.77. The van der Waals surface area contributed by atoms with E-state index in [-0.39, 0.29) is 5.91 Å². The minimum absolute atomic E-state index is 0.136. The van der Waals surface area contributed by atoms with Crippen molar-refractivity contribution in [2.45, 2.75) is 19.9 Å². The Morgan fingerprint density at radius 2 is 2.26 bits per heavy atom. The zero-order chi connectivity index (χ0) is 13.8. The number of carbonyl (C=O) groups excluding carboxylic acids is 1. The fraction of sp³-hybridized carbons (Fsp3) is 0.231. The molecule has 19 heavy (non-hydrogen) atoms. The lowest BCUT2D eigenvalue weighted by molar-refractivity contribution is 0.0951. The van der Waals surface area contributed by atoms with E-state index in [1.54, 1.807) is 23.5 Å². The molecule has 2 heterocycles. The lowest BCUT2D eigenvalue weighted by Crippen LogP contribution is -2.22. The zero-order valence-corrected chi connectivity index (χ0v) is 13.4. The van der Waals surface area contributed by atoms with E-state index < -0.39 is 0 Å². The van der Waals surface area contributed by atoms with Crippen molar-refractivity contribution < 1.29 is 4.79 Å². The molecule has 6 heteroatoms. The topological polar surface area (TPSA) is 42.0 Å². The van der Waals surface area contributed by atoms with Gasteiger partial charge < -0.3 is 5.32 Å². The van der Waals surface area contributed by atoms with Crippen molar-refractivity contribution in [3.63, 3.8) is 0 Å². The molecule has 1 N–H and O–H groups in total. The zero-order valence-electron chi connectivity index (χ0n) is 10.2. The summed E-state index contributed by atoms with van der Waals surface area (Å²) in [5.41, 5.74) is 1.36. The van der Waals surface area contributed by atoms with Crippen LogP contribution in [0, 0.1) is 0 Å². The molecule has 2 rings (SSSR count). The second-order valence-electron chi connectivity index (χ2n) is 3.91. The second kappa shape index (κ2) is 6.50. The van der Waals surface area contributed by atoms with E-state index in [9.17, 15) is 4.79 Å². The van der Waals surface area contributed by atoms with Crippen LogP contribution in [0.1, 0.15) is 27.9 Å². The van der Waals surface area contributed by atoms with Gasteiger partial charge in [-0.1, -0.05) is 18.5 Å². The molecule has 0 bridgehead atoms. The predicted octanol–water partition coefficient (Wildman–Crippen LogP) is 4.05. The van der Waals surface area contributed by atoms with Crippen LogP contribution in [0.2, 0.25) is 5.15 Å². The third-order valence-electron chi connectivity index (χ3n) is 2.52. The minimum atomic E-state index is -0.136. The van der Waals surface area contributed by atoms with Gasteiger partial charge in [0.2, 0.25) is 0 Å². The van der Waals surface area contributed by atoms with E-state index in [1.165, 1.54) is 0 Å². The number of aromatic nitrogens is 1. The maximum absolute atomic E-state index is 12.0. The molecule has 0 aromatic carbocycles. The van der Waals surface area contributed by atoms with E-state index >= 15 is 0 Å². The van der Waals surface area contributed by atoms with Crippen molar-refractivity contribution in [3.05, 3.63) is 49.3 Å². The second-order valence-corrected chi connectivity index (χ2v) is 6.85. The fourth-order valence-corrected chi connectivity index (χ4v) is 3.23. The van der Waals surface area contributed by atoms with Crippen LogP contribution in [0.5, 0.6) is 0 Å². The van der Waals surface area contributed by atoms with Gasteiger partial charge in [0.15, 0.2) is 0 Å². The number of nitrogens with zero attached hydrogens (tertiary/aromatic N) is 1. The average Bonchev–Trinajstić information content (AvgIpc) is 2.81. The number of hydrogen-bond acceptors (Lipinski definition) is 3. The van der Waals surface area contributed by atoms with Crippen molar-refractivity contribution in [2.24, 2.45) is 0 Å². The molecule has 0 saturated heterocycles. The molecule has 3 nitrogen and oxygen atoms in total. The van der Waals surface area contributed by atoms with Gasteiger partial charge in [-0.05, 0) is 46.6 Å². The van der Waals surface area contributed by atoms with Crippen LogP contribution in [-0.2, 0) is 13.0 Å². The van der Waals surface area contributed by atoms with Crippen LogP contribution in [0.3, 0.4) is 0 Å². The summed E-state index contributed by atoms with van der Waals surface area (Å²) in [6.45, 7) is 2.49. The molecule has 0 aliphatic heterocycles. The highest BCUT2D eigenvalue weighted by Crippen LogP contribution is 2.21. The predicted molar refractivity (Wildman–Crippen MR) is 81.8 cm³/mol. The first-order chi connectivity index (χ1) is 9.08. The van der Waals surface area contributed by atoms with Crippen molar-refractivity contribution in [3.8, 4) is 0 Å². The molecular formula is C13H12BrClN2OS. The van der Waals surface area contributed by atoms with E-state index in [0.29, 0.717) is 17.3 Å². The van der Waals surface area contributed by atoms with Gasteiger partial charge in [0, 0.05) is 16.1 Å². The summed E-state index contributed by atoms with van der Waals surface area (Å²) in [6, 6.07) is 7.29. The number of amides is 1. The summed E-state index contributed by atoms with van der Waals surface area (Å²) >= 11 is 10.9. The Hall–Kier alpha value is -0.910. The SMILES string of the molecule is CCc1cc(C(=O)NCc2ccc(Br)s2)cc(Cl)n1. The summed E-state index contributed by atoms with van der Waals surface area (Å²) in [5.74, 6) is -0.136. The third-order valence-corrected chi connectivity index (χ3v) is 4.34.